The molecule has 0 radical (unpaired) electrons. The van der Waals surface area contributed by atoms with Crippen molar-refractivity contribution in [2.24, 2.45) is 9.98 Å². The van der Waals surface area contributed by atoms with Crippen LogP contribution < -0.4 is 14.8 Å². The van der Waals surface area contributed by atoms with E-state index in [1.807, 2.05) is 54.6 Å². The van der Waals surface area contributed by atoms with Crippen LogP contribution in [0.5, 0.6) is 23.0 Å². The molecule has 1 N–H and O–H groups in total. The third-order valence-corrected chi connectivity index (χ3v) is 9.52. The van der Waals surface area contributed by atoms with Gasteiger partial charge in [0.1, 0.15) is 12.0 Å². The Kier molecular flexibility index (Phi) is 6.77. The first-order valence-corrected chi connectivity index (χ1v) is 17.0. The molecule has 0 fully saturated rings. The molecule has 6 heteroatoms. The van der Waals surface area contributed by atoms with Gasteiger partial charge in [0.05, 0.1) is 22.3 Å². The van der Waals surface area contributed by atoms with Gasteiger partial charge in [0, 0.05) is 22.4 Å². The van der Waals surface area contributed by atoms with E-state index in [-0.39, 0.29) is 0 Å². The molecule has 10 rings (SSSR count). The number of nitrogens with one attached hydrogen (secondary N) is 1. The predicted octanol–water partition coefficient (Wildman–Crippen LogP) is 10.8. The number of ether oxygens (including phenoxy) is 2. The summed E-state index contributed by atoms with van der Waals surface area (Å²) in [6.45, 7) is 0. The van der Waals surface area contributed by atoms with Crippen LogP contribution in [0.15, 0.2) is 180 Å². The topological polar surface area (TPSA) is 60.1 Å². The van der Waals surface area contributed by atoms with Crippen LogP contribution >= 0.6 is 0 Å². The summed E-state index contributed by atoms with van der Waals surface area (Å²) in [5.74, 6) is 3.74. The summed E-state index contributed by atoms with van der Waals surface area (Å²) < 4.78 is 15.6. The van der Waals surface area contributed by atoms with Gasteiger partial charge in [-0.15, -0.1) is 0 Å². The van der Waals surface area contributed by atoms with E-state index in [0.29, 0.717) is 28.8 Å². The number of benzene rings is 7. The molecule has 1 aromatic heterocycles. The molecule has 7 aromatic carbocycles. The highest BCUT2D eigenvalue weighted by Crippen LogP contribution is 2.49. The van der Waals surface area contributed by atoms with Gasteiger partial charge in [-0.25, -0.2) is 9.98 Å². The average Bonchev–Trinajstić information content (AvgIpc) is 3.54. The molecule has 51 heavy (non-hydrogen) atoms. The molecule has 2 aliphatic heterocycles. The molecule has 0 saturated heterocycles. The lowest BCUT2D eigenvalue weighted by molar-refractivity contribution is 0.359. The van der Waals surface area contributed by atoms with Gasteiger partial charge < -0.3 is 19.4 Å². The van der Waals surface area contributed by atoms with Gasteiger partial charge in [0.2, 0.25) is 0 Å². The zero-order valence-corrected chi connectivity index (χ0v) is 27.4. The fourth-order valence-corrected chi connectivity index (χ4v) is 7.18. The van der Waals surface area contributed by atoms with Crippen LogP contribution in [-0.2, 0) is 0 Å². The molecular weight excluding hydrogens is 629 g/mol. The van der Waals surface area contributed by atoms with Crippen LogP contribution in [0.1, 0.15) is 22.9 Å². The molecule has 0 amide bonds. The number of para-hydroxylation sites is 4. The average molecular weight is 659 g/mol. The highest BCUT2D eigenvalue weighted by molar-refractivity contribution is 6.16. The standard InChI is InChI=1S/C45H30N4O2/c1-3-15-29(16-4-1)32-19-7-8-22-35(32)44-46-43(30-17-5-2-6-18-30)47-45(48-44)36-27-31(28-41-42(36)51-40-26-14-13-25-39(40)50-41)49-37-23-11-9-20-33(37)34-21-10-12-24-38(34)49/h1-28,43H,(H,46,47,48). The van der Waals surface area contributed by atoms with Gasteiger partial charge in [-0.05, 0) is 47.0 Å². The van der Waals surface area contributed by atoms with E-state index >= 15 is 0 Å². The fraction of sp³-hybridized carbons (Fsp3) is 0.0222. The van der Waals surface area contributed by atoms with Crippen molar-refractivity contribution in [3.63, 3.8) is 0 Å². The van der Waals surface area contributed by atoms with Crippen molar-refractivity contribution in [1.29, 1.82) is 0 Å². The Balaban J connectivity index is 1.23. The lowest BCUT2D eigenvalue weighted by Crippen LogP contribution is -2.34. The second-order valence-corrected chi connectivity index (χ2v) is 12.6. The molecule has 2 aliphatic rings. The number of hydrogen-bond donors (Lipinski definition) is 1. The normalized spacial score (nSPS) is 14.8. The van der Waals surface area contributed by atoms with Crippen molar-refractivity contribution in [3.05, 3.63) is 187 Å². The molecular formula is C45H30N4O2. The predicted molar refractivity (Wildman–Crippen MR) is 205 cm³/mol. The molecule has 242 valence electrons. The Morgan fingerprint density at radius 1 is 0.510 bits per heavy atom. The quantitative estimate of drug-likeness (QED) is 0.200. The SMILES string of the molecule is c1ccc(-c2ccccc2C2=NC(c3cc(-n4c5ccccc5c5ccccc54)cc4c3Oc3ccccc3O4)=NC(c3ccccc3)N2)cc1. The molecule has 1 unspecified atom stereocenters. The summed E-state index contributed by atoms with van der Waals surface area (Å²) in [5, 5.41) is 6.02. The highest BCUT2D eigenvalue weighted by atomic mass is 16.6. The van der Waals surface area contributed by atoms with Gasteiger partial charge >= 0.3 is 0 Å². The van der Waals surface area contributed by atoms with Crippen LogP contribution in [0.3, 0.4) is 0 Å². The third-order valence-electron chi connectivity index (χ3n) is 9.52. The van der Waals surface area contributed by atoms with Crippen molar-refractivity contribution in [2.45, 2.75) is 6.17 Å². The first kappa shape index (κ1) is 29.0. The van der Waals surface area contributed by atoms with Crippen molar-refractivity contribution >= 4 is 33.5 Å². The zero-order valence-electron chi connectivity index (χ0n) is 27.4. The molecule has 0 aliphatic carbocycles. The van der Waals surface area contributed by atoms with Crippen molar-refractivity contribution in [3.8, 4) is 39.8 Å². The molecule has 0 spiro atoms. The number of aromatic nitrogens is 1. The molecule has 0 bridgehead atoms. The summed E-state index contributed by atoms with van der Waals surface area (Å²) in [7, 11) is 0. The summed E-state index contributed by atoms with van der Waals surface area (Å²) in [6.07, 6.45) is -0.401. The van der Waals surface area contributed by atoms with Gasteiger partial charge in [0.25, 0.3) is 0 Å². The van der Waals surface area contributed by atoms with E-state index in [1.54, 1.807) is 0 Å². The number of amidine groups is 2. The van der Waals surface area contributed by atoms with Gasteiger partial charge in [-0.3, -0.25) is 0 Å². The summed E-state index contributed by atoms with van der Waals surface area (Å²) >= 11 is 0. The molecule has 8 aromatic rings. The first-order valence-electron chi connectivity index (χ1n) is 17.0. The summed E-state index contributed by atoms with van der Waals surface area (Å²) in [5.41, 5.74) is 8.03. The maximum Gasteiger partial charge on any atom is 0.181 e. The van der Waals surface area contributed by atoms with E-state index < -0.39 is 6.17 Å². The van der Waals surface area contributed by atoms with Gasteiger partial charge in [0.15, 0.2) is 28.8 Å². The fourth-order valence-electron chi connectivity index (χ4n) is 7.18. The maximum absolute atomic E-state index is 6.68. The minimum Gasteiger partial charge on any atom is -0.449 e. The number of hydrogen-bond acceptors (Lipinski definition) is 5. The van der Waals surface area contributed by atoms with Crippen molar-refractivity contribution in [2.75, 3.05) is 0 Å². The number of aliphatic imine (C=N–C) groups is 2. The molecule has 3 heterocycles. The Hall–Kier alpha value is -6.92. The highest BCUT2D eigenvalue weighted by Gasteiger charge is 2.30. The summed E-state index contributed by atoms with van der Waals surface area (Å²) in [6, 6.07) is 57.9. The van der Waals surface area contributed by atoms with Crippen LogP contribution in [0.25, 0.3) is 38.6 Å². The van der Waals surface area contributed by atoms with Gasteiger partial charge in [-0.1, -0.05) is 133 Å². The van der Waals surface area contributed by atoms with E-state index in [2.05, 4.69) is 125 Å². The van der Waals surface area contributed by atoms with Crippen LogP contribution in [0.4, 0.5) is 0 Å². The van der Waals surface area contributed by atoms with Crippen molar-refractivity contribution in [1.82, 2.24) is 9.88 Å². The van der Waals surface area contributed by atoms with Crippen LogP contribution in [0.2, 0.25) is 0 Å². The monoisotopic (exact) mass is 658 g/mol. The number of rotatable bonds is 5. The Bertz CT molecular complexity index is 2620. The zero-order chi connectivity index (χ0) is 33.7. The largest absolute Gasteiger partial charge is 0.449 e. The summed E-state index contributed by atoms with van der Waals surface area (Å²) in [4.78, 5) is 10.6. The maximum atomic E-state index is 6.68. The second kappa shape index (κ2) is 11.9. The second-order valence-electron chi connectivity index (χ2n) is 12.6. The molecule has 6 nitrogen and oxygen atoms in total. The van der Waals surface area contributed by atoms with Gasteiger partial charge in [-0.2, -0.15) is 0 Å². The van der Waals surface area contributed by atoms with Crippen molar-refractivity contribution < 1.29 is 9.47 Å². The first-order chi connectivity index (χ1) is 25.3. The Labute approximate surface area is 294 Å². The van der Waals surface area contributed by atoms with E-state index in [0.717, 1.165) is 50.4 Å². The Morgan fingerprint density at radius 2 is 1.10 bits per heavy atom. The lowest BCUT2D eigenvalue weighted by Gasteiger charge is -2.27. The van der Waals surface area contributed by atoms with Crippen LogP contribution in [-0.4, -0.2) is 16.2 Å². The van der Waals surface area contributed by atoms with E-state index in [4.69, 9.17) is 19.5 Å². The molecule has 0 saturated carbocycles. The number of fused-ring (bicyclic) bond motifs is 5. The van der Waals surface area contributed by atoms with E-state index in [1.165, 1.54) is 10.8 Å². The van der Waals surface area contributed by atoms with Crippen LogP contribution in [0, 0.1) is 0 Å². The minimum absolute atomic E-state index is 0.401. The third kappa shape index (κ3) is 4.96. The minimum atomic E-state index is -0.401. The number of nitrogens with zero attached hydrogens (tertiary/aromatic N) is 3. The smallest absolute Gasteiger partial charge is 0.181 e. The lowest BCUT2D eigenvalue weighted by atomic mass is 9.98. The Morgan fingerprint density at radius 3 is 1.82 bits per heavy atom. The molecule has 1 atom stereocenters. The van der Waals surface area contributed by atoms with E-state index in [9.17, 15) is 0 Å².